The quantitative estimate of drug-likeness (QED) is 0.697. The van der Waals surface area contributed by atoms with E-state index in [2.05, 4.69) is 0 Å². The summed E-state index contributed by atoms with van der Waals surface area (Å²) in [5.41, 5.74) is 7.23. The van der Waals surface area contributed by atoms with E-state index in [4.69, 9.17) is 11.0 Å². The highest BCUT2D eigenvalue weighted by atomic mass is 32.2. The Labute approximate surface area is 122 Å². The lowest BCUT2D eigenvalue weighted by Crippen LogP contribution is -2.09. The van der Waals surface area contributed by atoms with Crippen molar-refractivity contribution in [3.05, 3.63) is 58.9 Å². The second kappa shape index (κ2) is 5.54. The van der Waals surface area contributed by atoms with Crippen molar-refractivity contribution in [3.63, 3.8) is 0 Å². The number of nitrogens with two attached hydrogens (primary N) is 1. The molecule has 4 nitrogen and oxygen atoms in total. The molecule has 0 fully saturated rings. The highest BCUT2D eigenvalue weighted by molar-refractivity contribution is 7.90. The molecule has 0 aliphatic rings. The van der Waals surface area contributed by atoms with Crippen molar-refractivity contribution in [3.8, 4) is 6.07 Å². The van der Waals surface area contributed by atoms with Crippen LogP contribution in [0, 0.1) is 24.1 Å². The summed E-state index contributed by atoms with van der Waals surface area (Å²) >= 11 is 0. The van der Waals surface area contributed by atoms with Crippen molar-refractivity contribution in [2.75, 3.05) is 5.73 Å². The molecule has 2 aromatic carbocycles. The first kappa shape index (κ1) is 15.0. The topological polar surface area (TPSA) is 84.0 Å². The average molecular weight is 304 g/mol. The zero-order valence-electron chi connectivity index (χ0n) is 11.3. The summed E-state index contributed by atoms with van der Waals surface area (Å²) in [5, 5.41) is 8.81. The predicted octanol–water partition coefficient (Wildman–Crippen LogP) is 2.56. The molecule has 0 unspecified atom stereocenters. The smallest absolute Gasteiger partial charge is 0.184 e. The summed E-state index contributed by atoms with van der Waals surface area (Å²) in [7, 11) is -3.68. The van der Waals surface area contributed by atoms with Crippen LogP contribution in [0.3, 0.4) is 0 Å². The van der Waals surface area contributed by atoms with E-state index in [0.29, 0.717) is 16.7 Å². The van der Waals surface area contributed by atoms with Crippen LogP contribution in [0.2, 0.25) is 0 Å². The Morgan fingerprint density at radius 3 is 2.52 bits per heavy atom. The van der Waals surface area contributed by atoms with Crippen LogP contribution in [-0.4, -0.2) is 8.42 Å². The van der Waals surface area contributed by atoms with Gasteiger partial charge >= 0.3 is 0 Å². The van der Waals surface area contributed by atoms with E-state index in [1.165, 1.54) is 6.07 Å². The number of aryl methyl sites for hydroxylation is 1. The third-order valence-electron chi connectivity index (χ3n) is 3.12. The Morgan fingerprint density at radius 1 is 1.24 bits per heavy atom. The zero-order chi connectivity index (χ0) is 15.6. The molecule has 0 bridgehead atoms. The van der Waals surface area contributed by atoms with E-state index in [1.807, 2.05) is 6.07 Å². The van der Waals surface area contributed by atoms with E-state index in [-0.39, 0.29) is 16.3 Å². The average Bonchev–Trinajstić information content (AvgIpc) is 2.40. The Bertz CT molecular complexity index is 839. The summed E-state index contributed by atoms with van der Waals surface area (Å²) in [6, 6.07) is 10.00. The number of nitrogen functional groups attached to an aromatic ring is 1. The normalized spacial score (nSPS) is 11.1. The van der Waals surface area contributed by atoms with Crippen LogP contribution in [0.1, 0.15) is 16.7 Å². The summed E-state index contributed by atoms with van der Waals surface area (Å²) in [6.45, 7) is 1.74. The highest BCUT2D eigenvalue weighted by Crippen LogP contribution is 2.24. The zero-order valence-corrected chi connectivity index (χ0v) is 12.1. The van der Waals surface area contributed by atoms with Gasteiger partial charge in [0, 0.05) is 0 Å². The number of sulfone groups is 1. The molecule has 0 aliphatic carbocycles. The Hall–Kier alpha value is -2.39. The number of rotatable bonds is 3. The summed E-state index contributed by atoms with van der Waals surface area (Å²) in [6.07, 6.45) is 0. The highest BCUT2D eigenvalue weighted by Gasteiger charge is 2.19. The molecule has 21 heavy (non-hydrogen) atoms. The van der Waals surface area contributed by atoms with Gasteiger partial charge in [-0.15, -0.1) is 0 Å². The molecule has 0 amide bonds. The minimum Gasteiger partial charge on any atom is -0.398 e. The molecule has 0 heterocycles. The molecule has 2 N–H and O–H groups in total. The number of benzene rings is 2. The Balaban J connectivity index is 2.40. The van der Waals surface area contributed by atoms with Gasteiger partial charge in [0.1, 0.15) is 5.82 Å². The number of hydrogen-bond donors (Lipinski definition) is 1. The first-order chi connectivity index (χ1) is 9.83. The summed E-state index contributed by atoms with van der Waals surface area (Å²) in [4.78, 5) is -0.0901. The van der Waals surface area contributed by atoms with Crippen molar-refractivity contribution in [1.29, 1.82) is 5.26 Å². The van der Waals surface area contributed by atoms with Crippen molar-refractivity contribution >= 4 is 15.5 Å². The SMILES string of the molecule is Cc1cc(C#N)ccc1CS(=O)(=O)c1ccc(F)cc1N. The Kier molecular flexibility index (Phi) is 3.96. The van der Waals surface area contributed by atoms with Gasteiger partial charge in [-0.25, -0.2) is 12.8 Å². The molecule has 0 radical (unpaired) electrons. The van der Waals surface area contributed by atoms with Gasteiger partial charge in [-0.3, -0.25) is 0 Å². The molecule has 2 aromatic rings. The molecule has 0 aromatic heterocycles. The first-order valence-electron chi connectivity index (χ1n) is 6.11. The van der Waals surface area contributed by atoms with Gasteiger partial charge in [0.25, 0.3) is 0 Å². The molecule has 6 heteroatoms. The second-order valence-electron chi connectivity index (χ2n) is 4.69. The molecule has 2 rings (SSSR count). The monoisotopic (exact) mass is 304 g/mol. The largest absolute Gasteiger partial charge is 0.398 e. The van der Waals surface area contributed by atoms with Gasteiger partial charge < -0.3 is 5.73 Å². The third-order valence-corrected chi connectivity index (χ3v) is 4.86. The fourth-order valence-corrected chi connectivity index (χ4v) is 3.59. The minimum atomic E-state index is -3.68. The van der Waals surface area contributed by atoms with Gasteiger partial charge in [-0.05, 0) is 48.4 Å². The predicted molar refractivity (Wildman–Crippen MR) is 77.6 cm³/mol. The number of anilines is 1. The van der Waals surface area contributed by atoms with Crippen molar-refractivity contribution < 1.29 is 12.8 Å². The van der Waals surface area contributed by atoms with Gasteiger partial charge in [0.2, 0.25) is 0 Å². The van der Waals surface area contributed by atoms with Gasteiger partial charge in [0.05, 0.1) is 28.0 Å². The molecular formula is C15H13FN2O2S. The van der Waals surface area contributed by atoms with Crippen molar-refractivity contribution in [1.82, 2.24) is 0 Å². The lowest BCUT2D eigenvalue weighted by molar-refractivity contribution is 0.594. The maximum Gasteiger partial charge on any atom is 0.184 e. The van der Waals surface area contributed by atoms with Crippen LogP contribution in [0.4, 0.5) is 10.1 Å². The van der Waals surface area contributed by atoms with E-state index in [0.717, 1.165) is 12.1 Å². The van der Waals surface area contributed by atoms with Gasteiger partial charge in [-0.1, -0.05) is 6.07 Å². The lowest BCUT2D eigenvalue weighted by Gasteiger charge is -2.10. The fraction of sp³-hybridized carbons (Fsp3) is 0.133. The van der Waals surface area contributed by atoms with Gasteiger partial charge in [-0.2, -0.15) is 5.26 Å². The molecular weight excluding hydrogens is 291 g/mol. The van der Waals surface area contributed by atoms with Crippen molar-refractivity contribution in [2.45, 2.75) is 17.6 Å². The van der Waals surface area contributed by atoms with Crippen LogP contribution in [-0.2, 0) is 15.6 Å². The fourth-order valence-electron chi connectivity index (χ4n) is 2.01. The summed E-state index contributed by atoms with van der Waals surface area (Å²) < 4.78 is 37.8. The third kappa shape index (κ3) is 3.20. The van der Waals surface area contributed by atoms with Gasteiger partial charge in [0.15, 0.2) is 9.84 Å². The van der Waals surface area contributed by atoms with Crippen LogP contribution in [0.25, 0.3) is 0 Å². The second-order valence-corrected chi connectivity index (χ2v) is 6.65. The standard InChI is InChI=1S/C15H13FN2O2S/c1-10-6-11(8-17)2-3-12(10)9-21(19,20)15-5-4-13(16)7-14(15)18/h2-7H,9,18H2,1H3. The molecule has 0 spiro atoms. The van der Waals surface area contributed by atoms with E-state index in [1.54, 1.807) is 25.1 Å². The minimum absolute atomic E-state index is 0.0901. The van der Waals surface area contributed by atoms with Crippen LogP contribution >= 0.6 is 0 Å². The van der Waals surface area contributed by atoms with Crippen LogP contribution in [0.15, 0.2) is 41.3 Å². The van der Waals surface area contributed by atoms with E-state index >= 15 is 0 Å². The Morgan fingerprint density at radius 2 is 1.95 bits per heavy atom. The van der Waals surface area contributed by atoms with Crippen LogP contribution in [0.5, 0.6) is 0 Å². The molecule has 0 atom stereocenters. The van der Waals surface area contributed by atoms with E-state index in [9.17, 15) is 12.8 Å². The number of halogens is 1. The first-order valence-corrected chi connectivity index (χ1v) is 7.76. The molecule has 0 saturated carbocycles. The molecule has 108 valence electrons. The number of nitriles is 1. The van der Waals surface area contributed by atoms with E-state index < -0.39 is 15.7 Å². The maximum atomic E-state index is 13.0. The molecule has 0 aliphatic heterocycles. The number of nitrogens with zero attached hydrogens (tertiary/aromatic N) is 1. The van der Waals surface area contributed by atoms with Crippen molar-refractivity contribution in [2.24, 2.45) is 0 Å². The lowest BCUT2D eigenvalue weighted by atomic mass is 10.1. The van der Waals surface area contributed by atoms with Crippen LogP contribution < -0.4 is 5.73 Å². The number of hydrogen-bond acceptors (Lipinski definition) is 4. The maximum absolute atomic E-state index is 13.0. The summed E-state index contributed by atoms with van der Waals surface area (Å²) in [5.74, 6) is -0.832. The molecule has 0 saturated heterocycles.